The smallest absolute Gasteiger partial charge is 0.299 e. The maximum atomic E-state index is 12.5. The second-order valence-corrected chi connectivity index (χ2v) is 8.65. The number of aromatic nitrogens is 2. The molecule has 3 heteroatoms. The van der Waals surface area contributed by atoms with E-state index in [0.29, 0.717) is 12.0 Å². The van der Waals surface area contributed by atoms with Crippen LogP contribution in [-0.4, -0.2) is 9.13 Å². The van der Waals surface area contributed by atoms with Crippen molar-refractivity contribution in [1.82, 2.24) is 9.13 Å². The van der Waals surface area contributed by atoms with Crippen molar-refractivity contribution < 1.29 is 0 Å². The number of allylic oxidation sites excluding steroid dienone is 2. The maximum Gasteiger partial charge on any atom is 0.328 e. The molecular weight excluding hydrogens is 296 g/mol. The number of rotatable bonds is 6. The minimum Gasteiger partial charge on any atom is -0.299 e. The van der Waals surface area contributed by atoms with Gasteiger partial charge in [0.15, 0.2) is 0 Å². The summed E-state index contributed by atoms with van der Waals surface area (Å²) in [6.45, 7) is 10.8. The van der Waals surface area contributed by atoms with Crippen LogP contribution in [0.3, 0.4) is 0 Å². The summed E-state index contributed by atoms with van der Waals surface area (Å²) in [7, 11) is 1.89. The molecule has 0 saturated heterocycles. The van der Waals surface area contributed by atoms with E-state index in [1.807, 2.05) is 11.6 Å². The average molecular weight is 326 g/mol. The molecule has 0 radical (unpaired) electrons. The molecule has 24 heavy (non-hydrogen) atoms. The molecule has 2 atom stereocenters. The van der Waals surface area contributed by atoms with Crippen molar-refractivity contribution >= 4 is 6.08 Å². The van der Waals surface area contributed by atoms with Crippen LogP contribution in [0.15, 0.2) is 23.5 Å². The van der Waals surface area contributed by atoms with Crippen molar-refractivity contribution in [2.45, 2.75) is 52.5 Å². The topological polar surface area (TPSA) is 26.9 Å². The minimum absolute atomic E-state index is 0.139. The summed E-state index contributed by atoms with van der Waals surface area (Å²) in [6, 6.07) is 0.414. The molecule has 4 aliphatic rings. The van der Waals surface area contributed by atoms with Crippen LogP contribution < -0.4 is 5.69 Å². The van der Waals surface area contributed by atoms with E-state index in [0.717, 1.165) is 42.0 Å². The van der Waals surface area contributed by atoms with Gasteiger partial charge in [0.25, 0.3) is 0 Å². The Morgan fingerprint density at radius 3 is 2.38 bits per heavy atom. The Hall–Kier alpha value is -1.51. The average Bonchev–Trinajstić information content (AvgIpc) is 3.26. The second-order valence-electron chi connectivity index (χ2n) is 8.65. The highest BCUT2D eigenvalue weighted by Crippen LogP contribution is 2.67. The molecule has 4 saturated carbocycles. The lowest BCUT2D eigenvalue weighted by Crippen LogP contribution is -2.58. The molecule has 1 heterocycles. The maximum absolute atomic E-state index is 12.5. The van der Waals surface area contributed by atoms with Gasteiger partial charge in [-0.05, 0) is 67.8 Å². The lowest BCUT2D eigenvalue weighted by Gasteiger charge is -2.65. The summed E-state index contributed by atoms with van der Waals surface area (Å²) in [4.78, 5) is 12.5. The Bertz CT molecular complexity index is 750. The Morgan fingerprint density at radius 2 is 1.92 bits per heavy atom. The predicted molar refractivity (Wildman–Crippen MR) is 98.9 cm³/mol. The Morgan fingerprint density at radius 1 is 1.29 bits per heavy atom. The van der Waals surface area contributed by atoms with Gasteiger partial charge in [-0.3, -0.25) is 9.13 Å². The highest BCUT2D eigenvalue weighted by atomic mass is 16.1. The van der Waals surface area contributed by atoms with E-state index < -0.39 is 0 Å². The standard InChI is InChI=1S/C21H30N2O/c1-6-13(2)21(4,19-15-11-16(19)12-15)10-9-18-14(3)22(5)20(24)23(18)17-7-8-17/h6,9-10,13,15-17,19H,1,7-8,11-12H2,2-5H3. The minimum atomic E-state index is 0.139. The zero-order chi connectivity index (χ0) is 17.2. The lowest BCUT2D eigenvalue weighted by atomic mass is 9.39. The quantitative estimate of drug-likeness (QED) is 0.715. The summed E-state index contributed by atoms with van der Waals surface area (Å²) in [5, 5.41) is 0. The molecule has 4 fully saturated rings. The van der Waals surface area contributed by atoms with Gasteiger partial charge < -0.3 is 0 Å². The van der Waals surface area contributed by atoms with Gasteiger partial charge in [-0.1, -0.05) is 26.0 Å². The number of imidazole rings is 1. The van der Waals surface area contributed by atoms with Crippen molar-refractivity contribution in [2.75, 3.05) is 0 Å². The summed E-state index contributed by atoms with van der Waals surface area (Å²) in [5.74, 6) is 3.07. The summed E-state index contributed by atoms with van der Waals surface area (Å²) >= 11 is 0. The van der Waals surface area contributed by atoms with Crippen LogP contribution in [0, 0.1) is 36.0 Å². The number of nitrogens with zero attached hydrogens (tertiary/aromatic N) is 2. The van der Waals surface area contributed by atoms with E-state index >= 15 is 0 Å². The summed E-state index contributed by atoms with van der Waals surface area (Å²) < 4.78 is 3.82. The first-order valence-electron chi connectivity index (χ1n) is 9.48. The van der Waals surface area contributed by atoms with Crippen molar-refractivity contribution in [3.8, 4) is 0 Å². The Balaban J connectivity index is 1.72. The fraction of sp³-hybridized carbons (Fsp3) is 0.667. The molecule has 0 spiro atoms. The molecule has 0 N–H and O–H groups in total. The monoisotopic (exact) mass is 326 g/mol. The number of hydrogen-bond donors (Lipinski definition) is 0. The van der Waals surface area contributed by atoms with E-state index in [4.69, 9.17) is 0 Å². The molecule has 1 aromatic heterocycles. The fourth-order valence-electron chi connectivity index (χ4n) is 5.02. The van der Waals surface area contributed by atoms with E-state index in [1.165, 1.54) is 12.8 Å². The van der Waals surface area contributed by atoms with Gasteiger partial charge in [-0.25, -0.2) is 4.79 Å². The third-order valence-corrected chi connectivity index (χ3v) is 7.42. The van der Waals surface area contributed by atoms with Gasteiger partial charge in [0, 0.05) is 18.8 Å². The van der Waals surface area contributed by atoms with Crippen LogP contribution in [0.2, 0.25) is 0 Å². The van der Waals surface area contributed by atoms with E-state index in [2.05, 4.69) is 45.6 Å². The van der Waals surface area contributed by atoms with Crippen LogP contribution in [0.5, 0.6) is 0 Å². The second kappa shape index (κ2) is 5.24. The van der Waals surface area contributed by atoms with E-state index in [9.17, 15) is 4.79 Å². The predicted octanol–water partition coefficient (Wildman–Crippen LogP) is 4.33. The Labute approximate surface area is 145 Å². The normalized spacial score (nSPS) is 32.1. The summed E-state index contributed by atoms with van der Waals surface area (Å²) in [5.41, 5.74) is 2.48. The fourth-order valence-corrected chi connectivity index (χ4v) is 5.02. The lowest BCUT2D eigenvalue weighted by molar-refractivity contribution is -0.146. The van der Waals surface area contributed by atoms with Gasteiger partial charge in [-0.2, -0.15) is 0 Å². The first-order valence-corrected chi connectivity index (χ1v) is 9.48. The summed E-state index contributed by atoms with van der Waals surface area (Å²) in [6.07, 6.45) is 11.9. The third kappa shape index (κ3) is 2.06. The SMILES string of the molecule is C=CC(C)C(C)(C=Cc1c(C)n(C)c(=O)n1C1CC1)C1C2CC1C2. The van der Waals surface area contributed by atoms with Gasteiger partial charge >= 0.3 is 5.69 Å². The van der Waals surface area contributed by atoms with E-state index in [1.54, 1.807) is 4.57 Å². The zero-order valence-corrected chi connectivity index (χ0v) is 15.5. The molecule has 2 unspecified atom stereocenters. The van der Waals surface area contributed by atoms with Crippen LogP contribution in [0.25, 0.3) is 6.08 Å². The van der Waals surface area contributed by atoms with Gasteiger partial charge in [-0.15, -0.1) is 6.58 Å². The van der Waals surface area contributed by atoms with E-state index in [-0.39, 0.29) is 11.1 Å². The first-order chi connectivity index (χ1) is 11.4. The molecule has 1 aromatic rings. The molecular formula is C21H30N2O. The molecule has 0 amide bonds. The molecule has 2 bridgehead atoms. The molecule has 4 aliphatic carbocycles. The zero-order valence-electron chi connectivity index (χ0n) is 15.5. The first kappa shape index (κ1) is 16.0. The molecule has 0 aromatic carbocycles. The molecule has 3 nitrogen and oxygen atoms in total. The highest BCUT2D eigenvalue weighted by molar-refractivity contribution is 5.50. The van der Waals surface area contributed by atoms with Crippen LogP contribution in [0.1, 0.15) is 57.0 Å². The Kier molecular flexibility index (Phi) is 3.49. The van der Waals surface area contributed by atoms with Crippen LogP contribution in [0.4, 0.5) is 0 Å². The van der Waals surface area contributed by atoms with Crippen molar-refractivity contribution in [1.29, 1.82) is 0 Å². The van der Waals surface area contributed by atoms with Gasteiger partial charge in [0.2, 0.25) is 0 Å². The molecule has 0 aliphatic heterocycles. The van der Waals surface area contributed by atoms with Crippen molar-refractivity contribution in [3.63, 3.8) is 0 Å². The van der Waals surface area contributed by atoms with Gasteiger partial charge in [0.05, 0.1) is 5.69 Å². The molecule has 130 valence electrons. The van der Waals surface area contributed by atoms with Crippen molar-refractivity contribution in [3.05, 3.63) is 40.6 Å². The van der Waals surface area contributed by atoms with Crippen LogP contribution >= 0.6 is 0 Å². The molecule has 5 rings (SSSR count). The third-order valence-electron chi connectivity index (χ3n) is 7.42. The van der Waals surface area contributed by atoms with Crippen molar-refractivity contribution in [2.24, 2.45) is 36.1 Å². The van der Waals surface area contributed by atoms with Gasteiger partial charge in [0.1, 0.15) is 0 Å². The largest absolute Gasteiger partial charge is 0.328 e. The van der Waals surface area contributed by atoms with Crippen LogP contribution in [-0.2, 0) is 7.05 Å². The highest BCUT2D eigenvalue weighted by Gasteiger charge is 2.59. The number of hydrogen-bond acceptors (Lipinski definition) is 1.